The van der Waals surface area contributed by atoms with E-state index in [2.05, 4.69) is 4.98 Å². The molecule has 1 aromatic carbocycles. The molecule has 0 atom stereocenters. The molecule has 0 amide bonds. The van der Waals surface area contributed by atoms with Gasteiger partial charge >= 0.3 is 0 Å². The molecule has 5 heteroatoms. The highest BCUT2D eigenvalue weighted by atomic mass is 16.7. The van der Waals surface area contributed by atoms with E-state index in [9.17, 15) is 0 Å². The number of aryl methyl sites for hydroxylation is 1. The lowest BCUT2D eigenvalue weighted by atomic mass is 10.2. The fourth-order valence-corrected chi connectivity index (χ4v) is 2.60. The maximum atomic E-state index is 5.91. The lowest BCUT2D eigenvalue weighted by Crippen LogP contribution is -2.27. The van der Waals surface area contributed by atoms with Crippen LogP contribution in [-0.4, -0.2) is 31.6 Å². The summed E-state index contributed by atoms with van der Waals surface area (Å²) in [5.41, 5.74) is 2.94. The van der Waals surface area contributed by atoms with Gasteiger partial charge in [-0.25, -0.2) is 0 Å². The van der Waals surface area contributed by atoms with Gasteiger partial charge in [0.2, 0.25) is 0 Å². The van der Waals surface area contributed by atoms with Crippen LogP contribution in [0.4, 0.5) is 0 Å². The van der Waals surface area contributed by atoms with E-state index in [0.29, 0.717) is 13.0 Å². The van der Waals surface area contributed by atoms with Crippen molar-refractivity contribution in [3.8, 4) is 11.5 Å². The Kier molecular flexibility index (Phi) is 5.67. The Morgan fingerprint density at radius 2 is 1.83 bits per heavy atom. The Balaban J connectivity index is 1.62. The minimum absolute atomic E-state index is 0.206. The van der Waals surface area contributed by atoms with Gasteiger partial charge in [-0.2, -0.15) is 0 Å². The summed E-state index contributed by atoms with van der Waals surface area (Å²) in [5.74, 6) is 1.65. The summed E-state index contributed by atoms with van der Waals surface area (Å²) in [4.78, 5) is 4.55. The summed E-state index contributed by atoms with van der Waals surface area (Å²) in [6.07, 6.45) is 1.39. The standard InChI is InChI=1S/C19H23NO4/c1-14-10-18(24-13-15-4-6-17(21-2)7-5-15)11-16(20-14)12-19-22-8-3-9-23-19/h4-7,10-11,19H,3,8-9,12-13H2,1-2H3. The maximum absolute atomic E-state index is 5.91. The number of hydrogen-bond acceptors (Lipinski definition) is 5. The average Bonchev–Trinajstić information content (AvgIpc) is 2.61. The normalized spacial score (nSPS) is 15.2. The van der Waals surface area contributed by atoms with Gasteiger partial charge in [-0.1, -0.05) is 12.1 Å². The molecule has 0 bridgehead atoms. The smallest absolute Gasteiger partial charge is 0.163 e. The van der Waals surface area contributed by atoms with E-state index in [-0.39, 0.29) is 6.29 Å². The molecule has 0 radical (unpaired) electrons. The van der Waals surface area contributed by atoms with Crippen LogP contribution >= 0.6 is 0 Å². The second-order valence-corrected chi connectivity index (χ2v) is 5.80. The molecule has 128 valence electrons. The van der Waals surface area contributed by atoms with Gasteiger partial charge in [-0.05, 0) is 31.0 Å². The summed E-state index contributed by atoms with van der Waals surface area (Å²) in [5, 5.41) is 0. The van der Waals surface area contributed by atoms with Crippen LogP contribution in [-0.2, 0) is 22.5 Å². The van der Waals surface area contributed by atoms with E-state index in [0.717, 1.165) is 48.1 Å². The Labute approximate surface area is 142 Å². The molecule has 1 aliphatic rings. The number of ether oxygens (including phenoxy) is 4. The molecule has 1 aliphatic heterocycles. The maximum Gasteiger partial charge on any atom is 0.163 e. The van der Waals surface area contributed by atoms with E-state index in [4.69, 9.17) is 18.9 Å². The van der Waals surface area contributed by atoms with Crippen LogP contribution in [0.2, 0.25) is 0 Å². The average molecular weight is 329 g/mol. The van der Waals surface area contributed by atoms with Gasteiger partial charge in [0.1, 0.15) is 18.1 Å². The van der Waals surface area contributed by atoms with E-state index in [1.807, 2.05) is 43.3 Å². The first-order valence-corrected chi connectivity index (χ1v) is 8.19. The molecule has 0 unspecified atom stereocenters. The van der Waals surface area contributed by atoms with Crippen molar-refractivity contribution >= 4 is 0 Å². The van der Waals surface area contributed by atoms with Crippen LogP contribution in [0.3, 0.4) is 0 Å². The molecule has 2 heterocycles. The van der Waals surface area contributed by atoms with Crippen molar-refractivity contribution in [3.63, 3.8) is 0 Å². The summed E-state index contributed by atoms with van der Waals surface area (Å²) < 4.78 is 22.3. The Morgan fingerprint density at radius 1 is 1.08 bits per heavy atom. The molecular weight excluding hydrogens is 306 g/mol. The first kappa shape index (κ1) is 16.7. The fourth-order valence-electron chi connectivity index (χ4n) is 2.60. The molecule has 0 saturated carbocycles. The quantitative estimate of drug-likeness (QED) is 0.814. The Hall–Kier alpha value is -2.11. The SMILES string of the molecule is COc1ccc(COc2cc(C)nc(CC3OCCCO3)c2)cc1. The number of hydrogen-bond donors (Lipinski definition) is 0. The number of methoxy groups -OCH3 is 1. The second-order valence-electron chi connectivity index (χ2n) is 5.80. The molecule has 1 fully saturated rings. The molecule has 3 rings (SSSR count). The highest BCUT2D eigenvalue weighted by Gasteiger charge is 2.16. The first-order chi connectivity index (χ1) is 11.7. The minimum Gasteiger partial charge on any atom is -0.497 e. The molecule has 0 aliphatic carbocycles. The lowest BCUT2D eigenvalue weighted by molar-refractivity contribution is -0.177. The Morgan fingerprint density at radius 3 is 2.54 bits per heavy atom. The zero-order valence-corrected chi connectivity index (χ0v) is 14.2. The van der Waals surface area contributed by atoms with E-state index >= 15 is 0 Å². The number of benzene rings is 1. The zero-order chi connectivity index (χ0) is 16.8. The molecule has 1 saturated heterocycles. The van der Waals surface area contributed by atoms with E-state index in [1.165, 1.54) is 0 Å². The number of pyridine rings is 1. The first-order valence-electron chi connectivity index (χ1n) is 8.19. The van der Waals surface area contributed by atoms with Crippen LogP contribution < -0.4 is 9.47 Å². The van der Waals surface area contributed by atoms with Crippen molar-refractivity contribution in [2.45, 2.75) is 32.7 Å². The van der Waals surface area contributed by atoms with E-state index in [1.54, 1.807) is 7.11 Å². The number of nitrogens with zero attached hydrogens (tertiary/aromatic N) is 1. The van der Waals surface area contributed by atoms with Crippen molar-refractivity contribution in [1.82, 2.24) is 4.98 Å². The van der Waals surface area contributed by atoms with Gasteiger partial charge in [0.15, 0.2) is 6.29 Å². The summed E-state index contributed by atoms with van der Waals surface area (Å²) in [6, 6.07) is 11.8. The van der Waals surface area contributed by atoms with Gasteiger partial charge in [0.25, 0.3) is 0 Å². The zero-order valence-electron chi connectivity index (χ0n) is 14.2. The third-order valence-electron chi connectivity index (χ3n) is 3.82. The van der Waals surface area contributed by atoms with Gasteiger partial charge in [-0.3, -0.25) is 4.98 Å². The Bertz CT molecular complexity index is 651. The molecule has 0 spiro atoms. The minimum atomic E-state index is -0.206. The molecule has 2 aromatic rings. The number of rotatable bonds is 6. The van der Waals surface area contributed by atoms with Crippen LogP contribution in [0, 0.1) is 6.92 Å². The van der Waals surface area contributed by atoms with Crippen LogP contribution in [0.1, 0.15) is 23.4 Å². The highest BCUT2D eigenvalue weighted by Crippen LogP contribution is 2.19. The molecule has 24 heavy (non-hydrogen) atoms. The van der Waals surface area contributed by atoms with Gasteiger partial charge in [0.05, 0.1) is 20.3 Å². The summed E-state index contributed by atoms with van der Waals surface area (Å²) in [6.45, 7) is 3.96. The summed E-state index contributed by atoms with van der Waals surface area (Å²) in [7, 11) is 1.66. The van der Waals surface area contributed by atoms with Gasteiger partial charge in [0, 0.05) is 29.9 Å². The van der Waals surface area contributed by atoms with Crippen LogP contribution in [0.15, 0.2) is 36.4 Å². The van der Waals surface area contributed by atoms with E-state index < -0.39 is 0 Å². The van der Waals surface area contributed by atoms with Crippen molar-refractivity contribution in [2.75, 3.05) is 20.3 Å². The second kappa shape index (κ2) is 8.13. The number of aromatic nitrogens is 1. The van der Waals surface area contributed by atoms with Crippen LogP contribution in [0.25, 0.3) is 0 Å². The lowest BCUT2D eigenvalue weighted by Gasteiger charge is -2.23. The van der Waals surface area contributed by atoms with Crippen molar-refractivity contribution in [1.29, 1.82) is 0 Å². The third kappa shape index (κ3) is 4.69. The molecule has 1 aromatic heterocycles. The topological polar surface area (TPSA) is 49.8 Å². The molecule has 0 N–H and O–H groups in total. The summed E-state index contributed by atoms with van der Waals surface area (Å²) >= 11 is 0. The molecular formula is C19H23NO4. The predicted octanol–water partition coefficient (Wildman–Crippen LogP) is 3.28. The predicted molar refractivity (Wildman–Crippen MR) is 90.3 cm³/mol. The van der Waals surface area contributed by atoms with Gasteiger partial charge < -0.3 is 18.9 Å². The van der Waals surface area contributed by atoms with Gasteiger partial charge in [-0.15, -0.1) is 0 Å². The van der Waals surface area contributed by atoms with Crippen molar-refractivity contribution in [2.24, 2.45) is 0 Å². The monoisotopic (exact) mass is 329 g/mol. The highest BCUT2D eigenvalue weighted by molar-refractivity contribution is 5.29. The largest absolute Gasteiger partial charge is 0.497 e. The molecule has 5 nitrogen and oxygen atoms in total. The van der Waals surface area contributed by atoms with Crippen molar-refractivity contribution in [3.05, 3.63) is 53.3 Å². The van der Waals surface area contributed by atoms with Crippen molar-refractivity contribution < 1.29 is 18.9 Å². The van der Waals surface area contributed by atoms with Crippen LogP contribution in [0.5, 0.6) is 11.5 Å². The third-order valence-corrected chi connectivity index (χ3v) is 3.82. The fraction of sp³-hybridized carbons (Fsp3) is 0.421.